The highest BCUT2D eigenvalue weighted by Crippen LogP contribution is 2.16. The molecule has 0 aliphatic rings. The van der Waals surface area contributed by atoms with E-state index in [2.05, 4.69) is 142 Å². The molecule has 0 heterocycles. The molecule has 0 rings (SSSR count). The number of esters is 3. The summed E-state index contributed by atoms with van der Waals surface area (Å²) in [7, 11) is 0. The second-order valence-electron chi connectivity index (χ2n) is 22.4. The van der Waals surface area contributed by atoms with Crippen molar-refractivity contribution in [3.05, 3.63) is 122 Å². The van der Waals surface area contributed by atoms with Crippen LogP contribution in [0, 0.1) is 0 Å². The Labute approximate surface area is 501 Å². The van der Waals surface area contributed by atoms with Gasteiger partial charge in [-0.1, -0.05) is 303 Å². The molecule has 1 unspecified atom stereocenters. The molecular formula is C75H126O6. The topological polar surface area (TPSA) is 78.9 Å². The lowest BCUT2D eigenvalue weighted by molar-refractivity contribution is -0.167. The molecule has 0 saturated carbocycles. The first-order chi connectivity index (χ1) is 40.0. The predicted octanol–water partition coefficient (Wildman–Crippen LogP) is 23.6. The summed E-state index contributed by atoms with van der Waals surface area (Å²) in [6.07, 6.45) is 95.0. The van der Waals surface area contributed by atoms with Crippen molar-refractivity contribution in [2.45, 2.75) is 322 Å². The molecule has 0 aromatic rings. The number of unbranched alkanes of at least 4 members (excludes halogenated alkanes) is 30. The van der Waals surface area contributed by atoms with Gasteiger partial charge in [-0.3, -0.25) is 14.4 Å². The van der Waals surface area contributed by atoms with E-state index in [1.165, 1.54) is 161 Å². The number of hydrogen-bond donors (Lipinski definition) is 0. The third-order valence-corrected chi connectivity index (χ3v) is 14.5. The van der Waals surface area contributed by atoms with Crippen molar-refractivity contribution in [3.8, 4) is 0 Å². The minimum atomic E-state index is -0.799. The normalized spacial score (nSPS) is 12.9. The lowest BCUT2D eigenvalue weighted by atomic mass is 10.0. The van der Waals surface area contributed by atoms with Gasteiger partial charge in [0, 0.05) is 19.3 Å². The molecule has 0 fully saturated rings. The highest BCUT2D eigenvalue weighted by atomic mass is 16.6. The summed E-state index contributed by atoms with van der Waals surface area (Å²) in [5, 5.41) is 0. The Morgan fingerprint density at radius 1 is 0.259 bits per heavy atom. The van der Waals surface area contributed by atoms with Gasteiger partial charge in [0.05, 0.1) is 0 Å². The molecule has 0 aromatic carbocycles. The number of ether oxygens (including phenoxy) is 3. The van der Waals surface area contributed by atoms with E-state index in [0.29, 0.717) is 19.3 Å². The Balaban J connectivity index is 4.35. The quantitative estimate of drug-likeness (QED) is 0.0261. The number of carbonyl (C=O) groups is 3. The van der Waals surface area contributed by atoms with Gasteiger partial charge in [-0.15, -0.1) is 0 Å². The SMILES string of the molecule is CC/C=C\C/C=C\C/C=C\C/C=C\C/C=C\C/C=C\C/C=C\C/C=C\CCCCC(=O)OCC(COC(=O)CCCCCCCCCCCCC)OC(=O)CCCCCCCCCCCCCCC/C=C\C/C=C\CCCCCCC. The van der Waals surface area contributed by atoms with Crippen LogP contribution in [-0.2, 0) is 28.6 Å². The van der Waals surface area contributed by atoms with Crippen LogP contribution in [0.1, 0.15) is 316 Å². The fraction of sp³-hybridized carbons (Fsp3) is 0.693. The fourth-order valence-electron chi connectivity index (χ4n) is 9.37. The lowest BCUT2D eigenvalue weighted by Gasteiger charge is -2.18. The Bertz CT molecular complexity index is 1670. The highest BCUT2D eigenvalue weighted by molar-refractivity contribution is 5.71. The molecule has 0 aliphatic heterocycles. The Kier molecular flexibility index (Phi) is 64.8. The zero-order valence-corrected chi connectivity index (χ0v) is 53.0. The molecule has 0 bridgehead atoms. The van der Waals surface area contributed by atoms with Crippen LogP contribution in [0.2, 0.25) is 0 Å². The van der Waals surface area contributed by atoms with Crippen LogP contribution in [0.3, 0.4) is 0 Å². The van der Waals surface area contributed by atoms with Crippen molar-refractivity contribution in [2.24, 2.45) is 0 Å². The summed E-state index contributed by atoms with van der Waals surface area (Å²) in [5.74, 6) is -0.931. The number of rotatable bonds is 61. The maximum absolute atomic E-state index is 12.9. The molecule has 0 spiro atoms. The van der Waals surface area contributed by atoms with E-state index >= 15 is 0 Å². The highest BCUT2D eigenvalue weighted by Gasteiger charge is 2.19. The Hall–Kier alpha value is -4.19. The Morgan fingerprint density at radius 3 is 0.778 bits per heavy atom. The van der Waals surface area contributed by atoms with Gasteiger partial charge in [0.25, 0.3) is 0 Å². The van der Waals surface area contributed by atoms with Gasteiger partial charge in [0.15, 0.2) is 6.10 Å². The molecule has 0 radical (unpaired) electrons. The number of hydrogen-bond acceptors (Lipinski definition) is 6. The largest absolute Gasteiger partial charge is 0.462 e. The van der Waals surface area contributed by atoms with Gasteiger partial charge in [-0.05, 0) is 116 Å². The summed E-state index contributed by atoms with van der Waals surface area (Å²) in [6, 6.07) is 0. The molecule has 462 valence electrons. The molecule has 0 saturated heterocycles. The standard InChI is InChI=1S/C75H126O6/c1-4-7-10-13-16-19-22-24-26-28-30-32-34-36-37-39-40-42-44-46-48-50-53-56-59-62-65-68-74(77)80-71-72(70-79-73(76)67-64-61-58-55-52-21-18-15-12-9-6-3)81-75(78)69-66-63-60-57-54-51-49-47-45-43-41-38-35-33-31-29-27-25-23-20-17-14-11-8-5-2/h7,10,16,19,23-26,29-32,36-37,40,42,46,48,53,56,72H,4-6,8-9,11-15,17-18,20-22,27-28,33-35,38-39,41,43-45,47,49-52,54-55,57-71H2,1-3H3/b10-7-,19-16-,25-23-,26-24-,31-29-,32-30-,37-36-,42-40-,48-46-,56-53-. The maximum Gasteiger partial charge on any atom is 0.306 e. The third kappa shape index (κ3) is 66.5. The van der Waals surface area contributed by atoms with Crippen molar-refractivity contribution in [1.29, 1.82) is 0 Å². The summed E-state index contributed by atoms with van der Waals surface area (Å²) in [5.41, 5.74) is 0. The van der Waals surface area contributed by atoms with Crippen molar-refractivity contribution in [1.82, 2.24) is 0 Å². The lowest BCUT2D eigenvalue weighted by Crippen LogP contribution is -2.30. The molecule has 0 aliphatic carbocycles. The molecule has 6 heteroatoms. The second-order valence-corrected chi connectivity index (χ2v) is 22.4. The van der Waals surface area contributed by atoms with Gasteiger partial charge in [0.2, 0.25) is 0 Å². The van der Waals surface area contributed by atoms with E-state index in [9.17, 15) is 14.4 Å². The molecule has 0 aromatic heterocycles. The van der Waals surface area contributed by atoms with Crippen LogP contribution in [0.5, 0.6) is 0 Å². The van der Waals surface area contributed by atoms with Crippen LogP contribution in [0.15, 0.2) is 122 Å². The van der Waals surface area contributed by atoms with Crippen LogP contribution >= 0.6 is 0 Å². The third-order valence-electron chi connectivity index (χ3n) is 14.5. The van der Waals surface area contributed by atoms with Crippen molar-refractivity contribution in [3.63, 3.8) is 0 Å². The van der Waals surface area contributed by atoms with Crippen LogP contribution in [0.4, 0.5) is 0 Å². The Morgan fingerprint density at radius 2 is 0.481 bits per heavy atom. The average Bonchev–Trinajstić information content (AvgIpc) is 3.47. The van der Waals surface area contributed by atoms with Gasteiger partial charge in [-0.25, -0.2) is 0 Å². The monoisotopic (exact) mass is 1120 g/mol. The minimum Gasteiger partial charge on any atom is -0.462 e. The molecule has 0 amide bonds. The summed E-state index contributed by atoms with van der Waals surface area (Å²) in [6.45, 7) is 6.49. The molecule has 6 nitrogen and oxygen atoms in total. The van der Waals surface area contributed by atoms with Crippen LogP contribution in [-0.4, -0.2) is 37.2 Å². The summed E-state index contributed by atoms with van der Waals surface area (Å²) < 4.78 is 16.9. The first kappa shape index (κ1) is 76.8. The average molecular weight is 1120 g/mol. The van der Waals surface area contributed by atoms with E-state index in [1.807, 2.05) is 0 Å². The smallest absolute Gasteiger partial charge is 0.306 e. The first-order valence-corrected chi connectivity index (χ1v) is 34.0. The number of carbonyl (C=O) groups excluding carboxylic acids is 3. The minimum absolute atomic E-state index is 0.0915. The van der Waals surface area contributed by atoms with E-state index < -0.39 is 6.10 Å². The van der Waals surface area contributed by atoms with Crippen molar-refractivity contribution >= 4 is 17.9 Å². The van der Waals surface area contributed by atoms with E-state index in [-0.39, 0.29) is 31.1 Å². The first-order valence-electron chi connectivity index (χ1n) is 34.0. The van der Waals surface area contributed by atoms with E-state index in [0.717, 1.165) is 116 Å². The second kappa shape index (κ2) is 68.3. The number of allylic oxidation sites excluding steroid dienone is 20. The van der Waals surface area contributed by atoms with Gasteiger partial charge in [0.1, 0.15) is 13.2 Å². The summed E-state index contributed by atoms with van der Waals surface area (Å²) >= 11 is 0. The molecular weight excluding hydrogens is 997 g/mol. The van der Waals surface area contributed by atoms with Crippen molar-refractivity contribution in [2.75, 3.05) is 13.2 Å². The zero-order valence-electron chi connectivity index (χ0n) is 53.0. The van der Waals surface area contributed by atoms with Crippen molar-refractivity contribution < 1.29 is 28.6 Å². The van der Waals surface area contributed by atoms with E-state index in [1.54, 1.807) is 0 Å². The van der Waals surface area contributed by atoms with Gasteiger partial charge < -0.3 is 14.2 Å². The van der Waals surface area contributed by atoms with Crippen LogP contribution < -0.4 is 0 Å². The predicted molar refractivity (Wildman–Crippen MR) is 353 cm³/mol. The van der Waals surface area contributed by atoms with Crippen LogP contribution in [0.25, 0.3) is 0 Å². The molecule has 81 heavy (non-hydrogen) atoms. The maximum atomic E-state index is 12.9. The molecule has 0 N–H and O–H groups in total. The molecule has 1 atom stereocenters. The summed E-state index contributed by atoms with van der Waals surface area (Å²) in [4.78, 5) is 38.3. The van der Waals surface area contributed by atoms with Gasteiger partial charge in [-0.2, -0.15) is 0 Å². The van der Waals surface area contributed by atoms with E-state index in [4.69, 9.17) is 14.2 Å². The van der Waals surface area contributed by atoms with Gasteiger partial charge >= 0.3 is 17.9 Å². The zero-order chi connectivity index (χ0) is 58.5. The fourth-order valence-corrected chi connectivity index (χ4v) is 9.37.